The zero-order valence-corrected chi connectivity index (χ0v) is 16.9. The quantitative estimate of drug-likeness (QED) is 0.726. The Morgan fingerprint density at radius 1 is 1.07 bits per heavy atom. The number of piperazine rings is 1. The molecule has 1 atom stereocenters. The third-order valence-electron chi connectivity index (χ3n) is 5.91. The zero-order chi connectivity index (χ0) is 20.5. The molecule has 3 aromatic rings. The van der Waals surface area contributed by atoms with E-state index in [0.717, 1.165) is 12.1 Å². The standard InChI is InChI=1S/C24H24N4O2/c1-16-12-26-23(27-13-16)22-14-25-10-11-28(22)24(29)30-15-21-19-8-4-2-6-17(19)18-7-3-5-9-20(18)21/h2-9,12-13,21-22,25H,10-11,14-15H2,1H3. The van der Waals surface area contributed by atoms with Crippen molar-refractivity contribution in [3.63, 3.8) is 0 Å². The summed E-state index contributed by atoms with van der Waals surface area (Å²) in [4.78, 5) is 23.7. The number of benzene rings is 2. The Balaban J connectivity index is 1.35. The van der Waals surface area contributed by atoms with Gasteiger partial charge in [-0.3, -0.25) is 4.90 Å². The number of aromatic nitrogens is 2. The minimum Gasteiger partial charge on any atom is -0.448 e. The summed E-state index contributed by atoms with van der Waals surface area (Å²) >= 11 is 0. The van der Waals surface area contributed by atoms with Crippen LogP contribution in [0.3, 0.4) is 0 Å². The summed E-state index contributed by atoms with van der Waals surface area (Å²) in [6.07, 6.45) is 3.26. The number of hydrogen-bond donors (Lipinski definition) is 1. The number of fused-ring (bicyclic) bond motifs is 3. The van der Waals surface area contributed by atoms with E-state index in [9.17, 15) is 4.79 Å². The van der Waals surface area contributed by atoms with Crippen LogP contribution in [0.15, 0.2) is 60.9 Å². The first-order chi connectivity index (χ1) is 14.7. The van der Waals surface area contributed by atoms with Gasteiger partial charge in [0.2, 0.25) is 0 Å². The number of rotatable bonds is 3. The summed E-state index contributed by atoms with van der Waals surface area (Å²) < 4.78 is 5.86. The molecule has 0 bridgehead atoms. The normalized spacial score (nSPS) is 18.0. The second-order valence-corrected chi connectivity index (χ2v) is 7.84. The van der Waals surface area contributed by atoms with Crippen molar-refractivity contribution in [2.24, 2.45) is 0 Å². The first kappa shape index (κ1) is 18.8. The van der Waals surface area contributed by atoms with Crippen LogP contribution in [-0.4, -0.2) is 47.2 Å². The van der Waals surface area contributed by atoms with E-state index < -0.39 is 0 Å². The molecule has 0 saturated carbocycles. The molecule has 2 heterocycles. The fourth-order valence-corrected chi connectivity index (χ4v) is 4.41. The van der Waals surface area contributed by atoms with E-state index in [1.165, 1.54) is 22.3 Å². The van der Waals surface area contributed by atoms with E-state index in [0.29, 0.717) is 25.5 Å². The van der Waals surface area contributed by atoms with Crippen molar-refractivity contribution in [2.75, 3.05) is 26.2 Å². The van der Waals surface area contributed by atoms with E-state index >= 15 is 0 Å². The summed E-state index contributed by atoms with van der Waals surface area (Å²) in [5.74, 6) is 0.694. The van der Waals surface area contributed by atoms with Crippen LogP contribution in [0.2, 0.25) is 0 Å². The van der Waals surface area contributed by atoms with Crippen LogP contribution >= 0.6 is 0 Å². The Hall–Kier alpha value is -3.25. The number of carbonyl (C=O) groups excluding carboxylic acids is 1. The molecule has 2 aliphatic rings. The molecule has 30 heavy (non-hydrogen) atoms. The molecule has 1 saturated heterocycles. The second-order valence-electron chi connectivity index (χ2n) is 7.84. The second kappa shape index (κ2) is 7.88. The zero-order valence-electron chi connectivity index (χ0n) is 16.9. The van der Waals surface area contributed by atoms with Crippen LogP contribution in [0.1, 0.15) is 34.5 Å². The van der Waals surface area contributed by atoms with Gasteiger partial charge in [-0.2, -0.15) is 0 Å². The molecule has 5 rings (SSSR count). The lowest BCUT2D eigenvalue weighted by atomic mass is 9.98. The van der Waals surface area contributed by atoms with Gasteiger partial charge in [0.15, 0.2) is 5.82 Å². The fourth-order valence-electron chi connectivity index (χ4n) is 4.41. The molecule has 6 nitrogen and oxygen atoms in total. The highest BCUT2D eigenvalue weighted by Gasteiger charge is 2.33. The van der Waals surface area contributed by atoms with E-state index in [4.69, 9.17) is 4.74 Å². The topological polar surface area (TPSA) is 67.4 Å². The van der Waals surface area contributed by atoms with Gasteiger partial charge in [-0.25, -0.2) is 14.8 Å². The molecule has 1 unspecified atom stereocenters. The highest BCUT2D eigenvalue weighted by Crippen LogP contribution is 2.44. The number of nitrogens with one attached hydrogen (secondary N) is 1. The molecule has 0 spiro atoms. The molecule has 6 heteroatoms. The molecule has 1 aliphatic heterocycles. The number of ether oxygens (including phenoxy) is 1. The smallest absolute Gasteiger partial charge is 0.410 e. The summed E-state index contributed by atoms with van der Waals surface area (Å²) in [7, 11) is 0. The lowest BCUT2D eigenvalue weighted by molar-refractivity contribution is 0.0733. The number of nitrogens with zero attached hydrogens (tertiary/aromatic N) is 3. The van der Waals surface area contributed by atoms with Gasteiger partial charge < -0.3 is 10.1 Å². The van der Waals surface area contributed by atoms with Gasteiger partial charge in [0.1, 0.15) is 12.6 Å². The average molecular weight is 400 g/mol. The number of amides is 1. The van der Waals surface area contributed by atoms with E-state index in [1.54, 1.807) is 17.3 Å². The first-order valence-electron chi connectivity index (χ1n) is 10.3. The summed E-state index contributed by atoms with van der Waals surface area (Å²) in [5.41, 5.74) is 5.87. The summed E-state index contributed by atoms with van der Waals surface area (Å²) in [5, 5.41) is 3.33. The van der Waals surface area contributed by atoms with Crippen LogP contribution < -0.4 is 5.32 Å². The molecule has 0 radical (unpaired) electrons. The van der Waals surface area contributed by atoms with Crippen molar-refractivity contribution in [1.29, 1.82) is 0 Å². The number of carbonyl (C=O) groups is 1. The number of hydrogen-bond acceptors (Lipinski definition) is 5. The predicted molar refractivity (Wildman–Crippen MR) is 114 cm³/mol. The lowest BCUT2D eigenvalue weighted by Gasteiger charge is -2.34. The van der Waals surface area contributed by atoms with Gasteiger partial charge in [0, 0.05) is 37.9 Å². The largest absolute Gasteiger partial charge is 0.448 e. The van der Waals surface area contributed by atoms with Gasteiger partial charge in [-0.15, -0.1) is 0 Å². The van der Waals surface area contributed by atoms with Crippen molar-refractivity contribution in [1.82, 2.24) is 20.2 Å². The molecule has 1 aliphatic carbocycles. The monoisotopic (exact) mass is 400 g/mol. The summed E-state index contributed by atoms with van der Waals surface area (Å²) in [6.45, 7) is 4.18. The number of aryl methyl sites for hydroxylation is 1. The van der Waals surface area contributed by atoms with E-state index in [2.05, 4.69) is 51.7 Å². The van der Waals surface area contributed by atoms with Crippen molar-refractivity contribution in [2.45, 2.75) is 18.9 Å². The SMILES string of the molecule is Cc1cnc(C2CNCCN2C(=O)OCC2c3ccccc3-c3ccccc32)nc1. The van der Waals surface area contributed by atoms with Crippen LogP contribution in [0.25, 0.3) is 11.1 Å². The fraction of sp³-hybridized carbons (Fsp3) is 0.292. The Morgan fingerprint density at radius 3 is 2.37 bits per heavy atom. The molecule has 1 amide bonds. The van der Waals surface area contributed by atoms with Gasteiger partial charge in [-0.05, 0) is 34.7 Å². The molecule has 1 fully saturated rings. The van der Waals surface area contributed by atoms with E-state index in [1.807, 2.05) is 19.1 Å². The highest BCUT2D eigenvalue weighted by molar-refractivity contribution is 5.79. The van der Waals surface area contributed by atoms with Gasteiger partial charge >= 0.3 is 6.09 Å². The van der Waals surface area contributed by atoms with Crippen LogP contribution in [0, 0.1) is 6.92 Å². The third-order valence-corrected chi connectivity index (χ3v) is 5.91. The van der Waals surface area contributed by atoms with Crippen molar-refractivity contribution in [3.8, 4) is 11.1 Å². The Morgan fingerprint density at radius 2 is 1.70 bits per heavy atom. The van der Waals surface area contributed by atoms with Crippen molar-refractivity contribution >= 4 is 6.09 Å². The molecular formula is C24H24N4O2. The van der Waals surface area contributed by atoms with Gasteiger partial charge in [0.05, 0.1) is 0 Å². The molecular weight excluding hydrogens is 376 g/mol. The summed E-state index contributed by atoms with van der Waals surface area (Å²) in [6, 6.07) is 16.5. The predicted octanol–water partition coefficient (Wildman–Crippen LogP) is 3.68. The van der Waals surface area contributed by atoms with Crippen molar-refractivity contribution in [3.05, 3.63) is 83.4 Å². The van der Waals surface area contributed by atoms with Gasteiger partial charge in [-0.1, -0.05) is 48.5 Å². The van der Waals surface area contributed by atoms with Gasteiger partial charge in [0.25, 0.3) is 0 Å². The van der Waals surface area contributed by atoms with E-state index in [-0.39, 0.29) is 18.1 Å². The van der Waals surface area contributed by atoms with Crippen LogP contribution in [0.4, 0.5) is 4.79 Å². The molecule has 1 N–H and O–H groups in total. The molecule has 152 valence electrons. The minimum atomic E-state index is -0.312. The Bertz CT molecular complexity index is 1020. The highest BCUT2D eigenvalue weighted by atomic mass is 16.6. The lowest BCUT2D eigenvalue weighted by Crippen LogP contribution is -2.49. The average Bonchev–Trinajstić information content (AvgIpc) is 3.12. The first-order valence-corrected chi connectivity index (χ1v) is 10.3. The Kier molecular flexibility index (Phi) is 4.93. The third kappa shape index (κ3) is 3.33. The Labute approximate surface area is 175 Å². The van der Waals surface area contributed by atoms with Crippen molar-refractivity contribution < 1.29 is 9.53 Å². The molecule has 1 aromatic heterocycles. The van der Waals surface area contributed by atoms with Crippen LogP contribution in [0.5, 0.6) is 0 Å². The maximum atomic E-state index is 13.0. The van der Waals surface area contributed by atoms with Crippen LogP contribution in [-0.2, 0) is 4.74 Å². The molecule has 2 aromatic carbocycles. The maximum absolute atomic E-state index is 13.0. The minimum absolute atomic E-state index is 0.0540. The maximum Gasteiger partial charge on any atom is 0.410 e.